The molecule has 4 rings (SSSR count). The zero-order chi connectivity index (χ0) is 18.6. The van der Waals surface area contributed by atoms with Gasteiger partial charge in [-0.25, -0.2) is 4.98 Å². The Kier molecular flexibility index (Phi) is 5.12. The van der Waals surface area contributed by atoms with Crippen molar-refractivity contribution < 1.29 is 14.3 Å². The molecular formula is C21H19ClN2O3. The number of halogens is 1. The molecule has 0 bridgehead atoms. The van der Waals surface area contributed by atoms with E-state index in [9.17, 15) is 4.79 Å². The Labute approximate surface area is 162 Å². The summed E-state index contributed by atoms with van der Waals surface area (Å²) in [5.41, 5.74) is 0.900. The van der Waals surface area contributed by atoms with Gasteiger partial charge in [-0.1, -0.05) is 29.8 Å². The van der Waals surface area contributed by atoms with Crippen LogP contribution in [0.4, 0.5) is 0 Å². The second-order valence-electron chi connectivity index (χ2n) is 6.45. The van der Waals surface area contributed by atoms with E-state index >= 15 is 0 Å². The van der Waals surface area contributed by atoms with Gasteiger partial charge in [-0.3, -0.25) is 4.79 Å². The Morgan fingerprint density at radius 1 is 1.11 bits per heavy atom. The minimum atomic E-state index is -0.0573. The molecule has 0 unspecified atom stereocenters. The molecule has 138 valence electrons. The van der Waals surface area contributed by atoms with Crippen LogP contribution in [0.5, 0.6) is 11.6 Å². The van der Waals surface area contributed by atoms with E-state index in [1.54, 1.807) is 29.2 Å². The molecule has 0 spiro atoms. The molecule has 1 aliphatic heterocycles. The summed E-state index contributed by atoms with van der Waals surface area (Å²) in [4.78, 5) is 18.7. The Morgan fingerprint density at radius 3 is 2.78 bits per heavy atom. The average molecular weight is 383 g/mol. The van der Waals surface area contributed by atoms with Crippen LogP contribution in [-0.4, -0.2) is 41.6 Å². The molecular weight excluding hydrogens is 364 g/mol. The molecule has 0 saturated carbocycles. The number of carbonyl (C=O) groups excluding carboxylic acids is 1. The van der Waals surface area contributed by atoms with Crippen LogP contribution in [-0.2, 0) is 4.79 Å². The number of likely N-dealkylation sites (tertiary alicyclic amines) is 1. The van der Waals surface area contributed by atoms with Gasteiger partial charge >= 0.3 is 0 Å². The van der Waals surface area contributed by atoms with Crippen molar-refractivity contribution in [1.82, 2.24) is 9.88 Å². The van der Waals surface area contributed by atoms with Crippen molar-refractivity contribution in [2.24, 2.45) is 0 Å². The van der Waals surface area contributed by atoms with E-state index < -0.39 is 0 Å². The lowest BCUT2D eigenvalue weighted by molar-refractivity contribution is -0.132. The van der Waals surface area contributed by atoms with E-state index in [2.05, 4.69) is 4.98 Å². The monoisotopic (exact) mass is 382 g/mol. The van der Waals surface area contributed by atoms with Crippen molar-refractivity contribution in [2.75, 3.05) is 19.7 Å². The molecule has 3 aromatic rings. The van der Waals surface area contributed by atoms with Gasteiger partial charge in [0.2, 0.25) is 5.88 Å². The van der Waals surface area contributed by atoms with Crippen LogP contribution in [0.3, 0.4) is 0 Å². The number of amides is 1. The van der Waals surface area contributed by atoms with E-state index in [1.165, 1.54) is 0 Å². The molecule has 1 aliphatic rings. The number of fused-ring (bicyclic) bond motifs is 1. The summed E-state index contributed by atoms with van der Waals surface area (Å²) in [5.74, 6) is 1.16. The molecule has 0 radical (unpaired) electrons. The van der Waals surface area contributed by atoms with Gasteiger partial charge in [-0.15, -0.1) is 0 Å². The summed E-state index contributed by atoms with van der Waals surface area (Å²) in [6, 6.07) is 18.7. The first-order valence-electron chi connectivity index (χ1n) is 8.86. The lowest BCUT2D eigenvalue weighted by Crippen LogP contribution is -2.34. The van der Waals surface area contributed by atoms with Gasteiger partial charge in [-0.05, 0) is 36.4 Å². The highest BCUT2D eigenvalue weighted by molar-refractivity contribution is 6.30. The number of carbonyl (C=O) groups is 1. The predicted molar refractivity (Wildman–Crippen MR) is 104 cm³/mol. The average Bonchev–Trinajstić information content (AvgIpc) is 3.16. The largest absolute Gasteiger partial charge is 0.484 e. The van der Waals surface area contributed by atoms with Gasteiger partial charge < -0.3 is 14.4 Å². The molecule has 1 amide bonds. The molecule has 2 aromatic carbocycles. The number of ether oxygens (including phenoxy) is 2. The van der Waals surface area contributed by atoms with E-state index in [0.717, 1.165) is 17.3 Å². The maximum Gasteiger partial charge on any atom is 0.260 e. The standard InChI is InChI=1S/C21H19ClN2O3/c22-16-6-8-17(9-7-16)26-14-21(25)24-12-11-18(13-24)27-20-10-5-15-3-1-2-4-19(15)23-20/h1-10,18H,11-14H2/t18-/m1/s1. The van der Waals surface area contributed by atoms with Gasteiger partial charge in [0, 0.05) is 29.4 Å². The van der Waals surface area contributed by atoms with Crippen LogP contribution in [0, 0.1) is 0 Å². The van der Waals surface area contributed by atoms with Gasteiger partial charge in [-0.2, -0.15) is 0 Å². The summed E-state index contributed by atoms with van der Waals surface area (Å²) in [6.45, 7) is 1.20. The van der Waals surface area contributed by atoms with Gasteiger partial charge in [0.15, 0.2) is 6.61 Å². The summed E-state index contributed by atoms with van der Waals surface area (Å²) in [7, 11) is 0. The number of hydrogen-bond donors (Lipinski definition) is 0. The highest BCUT2D eigenvalue weighted by atomic mass is 35.5. The van der Waals surface area contributed by atoms with Crippen molar-refractivity contribution >= 4 is 28.4 Å². The minimum absolute atomic E-state index is 0.00256. The van der Waals surface area contributed by atoms with Crippen LogP contribution < -0.4 is 9.47 Å². The third-order valence-corrected chi connectivity index (χ3v) is 4.79. The summed E-state index contributed by atoms with van der Waals surface area (Å²) in [5, 5.41) is 1.71. The maximum atomic E-state index is 12.4. The zero-order valence-corrected chi connectivity index (χ0v) is 15.4. The Bertz CT molecular complexity index is 946. The van der Waals surface area contributed by atoms with Crippen LogP contribution in [0.2, 0.25) is 5.02 Å². The second kappa shape index (κ2) is 7.84. The molecule has 1 atom stereocenters. The first kappa shape index (κ1) is 17.6. The van der Waals surface area contributed by atoms with Crippen molar-refractivity contribution in [2.45, 2.75) is 12.5 Å². The van der Waals surface area contributed by atoms with E-state index in [1.807, 2.05) is 36.4 Å². The topological polar surface area (TPSA) is 51.7 Å². The first-order chi connectivity index (χ1) is 13.2. The molecule has 6 heteroatoms. The van der Waals surface area contributed by atoms with Crippen LogP contribution in [0.1, 0.15) is 6.42 Å². The fourth-order valence-corrected chi connectivity index (χ4v) is 3.23. The van der Waals surface area contributed by atoms with Crippen molar-refractivity contribution in [3.63, 3.8) is 0 Å². The summed E-state index contributed by atoms with van der Waals surface area (Å²) in [6.07, 6.45) is 0.722. The fourth-order valence-electron chi connectivity index (χ4n) is 3.10. The number of benzene rings is 2. The lowest BCUT2D eigenvalue weighted by Gasteiger charge is -2.17. The van der Waals surface area contributed by atoms with Crippen LogP contribution in [0.25, 0.3) is 10.9 Å². The SMILES string of the molecule is O=C(COc1ccc(Cl)cc1)N1CC[C@@H](Oc2ccc3ccccc3n2)C1. The Morgan fingerprint density at radius 2 is 1.93 bits per heavy atom. The minimum Gasteiger partial charge on any atom is -0.484 e. The molecule has 1 fully saturated rings. The second-order valence-corrected chi connectivity index (χ2v) is 6.89. The molecule has 1 saturated heterocycles. The molecule has 1 aromatic heterocycles. The number of para-hydroxylation sites is 1. The number of pyridine rings is 1. The van der Waals surface area contributed by atoms with Crippen molar-refractivity contribution in [3.05, 3.63) is 65.7 Å². The van der Waals surface area contributed by atoms with Gasteiger partial charge in [0.05, 0.1) is 12.1 Å². The Hall–Kier alpha value is -2.79. The molecule has 27 heavy (non-hydrogen) atoms. The van der Waals surface area contributed by atoms with Gasteiger partial charge in [0.1, 0.15) is 11.9 Å². The number of aromatic nitrogens is 1. The first-order valence-corrected chi connectivity index (χ1v) is 9.24. The van der Waals surface area contributed by atoms with Crippen LogP contribution in [0.15, 0.2) is 60.7 Å². The molecule has 0 N–H and O–H groups in total. The number of nitrogens with zero attached hydrogens (tertiary/aromatic N) is 2. The molecule has 0 aliphatic carbocycles. The van der Waals surface area contributed by atoms with Crippen molar-refractivity contribution in [3.8, 4) is 11.6 Å². The maximum absolute atomic E-state index is 12.4. The number of hydrogen-bond acceptors (Lipinski definition) is 4. The summed E-state index contributed by atoms with van der Waals surface area (Å²) >= 11 is 5.84. The highest BCUT2D eigenvalue weighted by Gasteiger charge is 2.28. The predicted octanol–water partition coefficient (Wildman–Crippen LogP) is 3.95. The summed E-state index contributed by atoms with van der Waals surface area (Å²) < 4.78 is 11.5. The van der Waals surface area contributed by atoms with E-state index in [-0.39, 0.29) is 18.6 Å². The smallest absolute Gasteiger partial charge is 0.260 e. The molecule has 5 nitrogen and oxygen atoms in total. The highest BCUT2D eigenvalue weighted by Crippen LogP contribution is 2.21. The van der Waals surface area contributed by atoms with E-state index in [0.29, 0.717) is 29.7 Å². The lowest BCUT2D eigenvalue weighted by atomic mass is 10.2. The quantitative estimate of drug-likeness (QED) is 0.670. The zero-order valence-electron chi connectivity index (χ0n) is 14.7. The van der Waals surface area contributed by atoms with Gasteiger partial charge in [0.25, 0.3) is 5.91 Å². The normalized spacial score (nSPS) is 16.5. The third-order valence-electron chi connectivity index (χ3n) is 4.53. The van der Waals surface area contributed by atoms with E-state index in [4.69, 9.17) is 21.1 Å². The van der Waals surface area contributed by atoms with Crippen molar-refractivity contribution in [1.29, 1.82) is 0 Å². The number of rotatable bonds is 5. The Balaban J connectivity index is 1.31. The fraction of sp³-hybridized carbons (Fsp3) is 0.238. The third kappa shape index (κ3) is 4.31. The molecule has 2 heterocycles. The van der Waals surface area contributed by atoms with Crippen LogP contribution >= 0.6 is 11.6 Å².